The van der Waals surface area contributed by atoms with Gasteiger partial charge in [-0.15, -0.1) is 0 Å². The maximum absolute atomic E-state index is 10.2. The smallest absolute Gasteiger partial charge is 0.145 e. The fraction of sp³-hybridized carbons (Fsp3) is 0.300. The van der Waals surface area contributed by atoms with Crippen molar-refractivity contribution in [2.24, 2.45) is 0 Å². The molecule has 1 N–H and O–H groups in total. The van der Waals surface area contributed by atoms with E-state index in [4.69, 9.17) is 4.42 Å². The van der Waals surface area contributed by atoms with E-state index in [1.165, 1.54) is 12.5 Å². The molecule has 0 aliphatic heterocycles. The van der Waals surface area contributed by atoms with Crippen LogP contribution in [0.15, 0.2) is 34.7 Å². The number of carbonyl (C=O) groups excluding carboxylic acids is 1. The van der Waals surface area contributed by atoms with Crippen molar-refractivity contribution in [1.29, 1.82) is 0 Å². The van der Waals surface area contributed by atoms with Crippen molar-refractivity contribution in [3.05, 3.63) is 35.8 Å². The Labute approximate surface area is 76.7 Å². The van der Waals surface area contributed by atoms with Crippen LogP contribution in [0.5, 0.6) is 0 Å². The molecule has 70 valence electrons. The summed E-state index contributed by atoms with van der Waals surface area (Å²) < 4.78 is 4.82. The molecule has 1 aromatic heterocycles. The molecule has 3 heteroatoms. The van der Waals surface area contributed by atoms with E-state index in [2.05, 4.69) is 0 Å². The highest BCUT2D eigenvalue weighted by atomic mass is 16.3. The summed E-state index contributed by atoms with van der Waals surface area (Å²) >= 11 is 0. The summed E-state index contributed by atoms with van der Waals surface area (Å²) in [6.45, 7) is 1.70. The minimum absolute atomic E-state index is 0.435. The third-order valence-electron chi connectivity index (χ3n) is 1.78. The zero-order chi connectivity index (χ0) is 9.68. The average Bonchev–Trinajstić information content (AvgIpc) is 2.66. The van der Waals surface area contributed by atoms with Gasteiger partial charge in [-0.3, -0.25) is 4.79 Å². The third-order valence-corrected chi connectivity index (χ3v) is 1.78. The summed E-state index contributed by atoms with van der Waals surface area (Å²) in [5.41, 5.74) is 1.36. The number of aliphatic hydroxyl groups is 1. The lowest BCUT2D eigenvalue weighted by Gasteiger charge is -2.03. The summed E-state index contributed by atoms with van der Waals surface area (Å²) in [4.78, 5) is 10.2. The fourth-order valence-electron chi connectivity index (χ4n) is 0.946. The summed E-state index contributed by atoms with van der Waals surface area (Å²) in [6, 6.07) is 1.70. The Hall–Kier alpha value is -1.35. The molecule has 0 bridgehead atoms. The van der Waals surface area contributed by atoms with Crippen LogP contribution in [-0.4, -0.2) is 11.4 Å². The first-order valence-electron chi connectivity index (χ1n) is 4.06. The van der Waals surface area contributed by atoms with Gasteiger partial charge in [0.25, 0.3) is 0 Å². The van der Waals surface area contributed by atoms with Crippen LogP contribution in [0.4, 0.5) is 0 Å². The van der Waals surface area contributed by atoms with Crippen LogP contribution in [-0.2, 0) is 4.79 Å². The minimum Gasteiger partial charge on any atom is -0.472 e. The standard InChI is InChI=1S/C10H12O3/c1-8(6-11)2-3-10(12)9-4-5-13-7-9/h2,4-7,10,12H,3H2,1H3/b8-2+. The molecule has 0 aliphatic rings. The quantitative estimate of drug-likeness (QED) is 0.568. The number of allylic oxidation sites excluding steroid dienone is 1. The van der Waals surface area contributed by atoms with E-state index in [9.17, 15) is 9.90 Å². The van der Waals surface area contributed by atoms with Crippen molar-refractivity contribution in [1.82, 2.24) is 0 Å². The van der Waals surface area contributed by atoms with Crippen molar-refractivity contribution in [2.45, 2.75) is 19.4 Å². The molecule has 0 aliphatic carbocycles. The SMILES string of the molecule is C/C(C=O)=C\CC(O)c1ccoc1. The Morgan fingerprint density at radius 1 is 1.77 bits per heavy atom. The molecule has 0 radical (unpaired) electrons. The second kappa shape index (κ2) is 4.62. The van der Waals surface area contributed by atoms with Gasteiger partial charge >= 0.3 is 0 Å². The Bertz CT molecular complexity index is 285. The molecule has 1 unspecified atom stereocenters. The molecule has 1 heterocycles. The second-order valence-corrected chi connectivity index (χ2v) is 2.87. The Morgan fingerprint density at radius 2 is 2.54 bits per heavy atom. The van der Waals surface area contributed by atoms with E-state index in [1.807, 2.05) is 0 Å². The zero-order valence-corrected chi connectivity index (χ0v) is 7.43. The summed E-state index contributed by atoms with van der Waals surface area (Å²) in [5.74, 6) is 0. The zero-order valence-electron chi connectivity index (χ0n) is 7.43. The van der Waals surface area contributed by atoms with E-state index in [0.717, 1.165) is 11.8 Å². The molecule has 1 aromatic rings. The van der Waals surface area contributed by atoms with Gasteiger partial charge in [0.15, 0.2) is 0 Å². The first kappa shape index (κ1) is 9.74. The van der Waals surface area contributed by atoms with E-state index in [0.29, 0.717) is 12.0 Å². The van der Waals surface area contributed by atoms with Gasteiger partial charge in [0.1, 0.15) is 6.29 Å². The van der Waals surface area contributed by atoms with Crippen molar-refractivity contribution >= 4 is 6.29 Å². The first-order valence-corrected chi connectivity index (χ1v) is 4.06. The number of hydrogen-bond acceptors (Lipinski definition) is 3. The van der Waals surface area contributed by atoms with Gasteiger partial charge in [-0.1, -0.05) is 6.08 Å². The number of aldehydes is 1. The van der Waals surface area contributed by atoms with Crippen LogP contribution in [0.2, 0.25) is 0 Å². The maximum atomic E-state index is 10.2. The lowest BCUT2D eigenvalue weighted by molar-refractivity contribution is -0.104. The summed E-state index contributed by atoms with van der Waals surface area (Å²) in [7, 11) is 0. The van der Waals surface area contributed by atoms with Crippen LogP contribution in [0.25, 0.3) is 0 Å². The third kappa shape index (κ3) is 2.87. The lowest BCUT2D eigenvalue weighted by Crippen LogP contribution is -1.93. The summed E-state index contributed by atoms with van der Waals surface area (Å²) in [6.07, 6.45) is 5.31. The van der Waals surface area contributed by atoms with Gasteiger partial charge in [-0.05, 0) is 25.0 Å². The van der Waals surface area contributed by atoms with Gasteiger partial charge in [-0.25, -0.2) is 0 Å². The van der Waals surface area contributed by atoms with Gasteiger partial charge in [0, 0.05) is 5.56 Å². The molecular weight excluding hydrogens is 168 g/mol. The average molecular weight is 180 g/mol. The number of carbonyl (C=O) groups is 1. The molecule has 13 heavy (non-hydrogen) atoms. The predicted octanol–water partition coefficient (Wildman–Crippen LogP) is 1.85. The molecule has 0 fully saturated rings. The lowest BCUT2D eigenvalue weighted by atomic mass is 10.1. The van der Waals surface area contributed by atoms with Crippen molar-refractivity contribution in [2.75, 3.05) is 0 Å². The molecule has 0 saturated heterocycles. The van der Waals surface area contributed by atoms with Gasteiger partial charge in [0.2, 0.25) is 0 Å². The fourth-order valence-corrected chi connectivity index (χ4v) is 0.946. The largest absolute Gasteiger partial charge is 0.472 e. The molecule has 0 spiro atoms. The van der Waals surface area contributed by atoms with E-state index in [-0.39, 0.29) is 0 Å². The predicted molar refractivity (Wildman–Crippen MR) is 48.1 cm³/mol. The second-order valence-electron chi connectivity index (χ2n) is 2.87. The molecule has 0 aromatic carbocycles. The highest BCUT2D eigenvalue weighted by Crippen LogP contribution is 2.17. The minimum atomic E-state index is -0.589. The number of aliphatic hydroxyl groups excluding tert-OH is 1. The summed E-state index contributed by atoms with van der Waals surface area (Å²) in [5, 5.41) is 9.53. The van der Waals surface area contributed by atoms with Gasteiger partial charge in [0.05, 0.1) is 18.6 Å². The topological polar surface area (TPSA) is 50.4 Å². The molecule has 1 rings (SSSR count). The maximum Gasteiger partial charge on any atom is 0.145 e. The first-order chi connectivity index (χ1) is 6.24. The van der Waals surface area contributed by atoms with Crippen LogP contribution in [0, 0.1) is 0 Å². The van der Waals surface area contributed by atoms with Crippen LogP contribution < -0.4 is 0 Å². The molecule has 1 atom stereocenters. The molecule has 0 amide bonds. The van der Waals surface area contributed by atoms with Crippen molar-refractivity contribution in [3.63, 3.8) is 0 Å². The Kier molecular flexibility index (Phi) is 3.46. The van der Waals surface area contributed by atoms with Crippen LogP contribution in [0.3, 0.4) is 0 Å². The monoisotopic (exact) mass is 180 g/mol. The highest BCUT2D eigenvalue weighted by molar-refractivity contribution is 5.71. The Balaban J connectivity index is 2.51. The van der Waals surface area contributed by atoms with Crippen LogP contribution in [0.1, 0.15) is 25.0 Å². The number of hydrogen-bond donors (Lipinski definition) is 1. The van der Waals surface area contributed by atoms with Crippen molar-refractivity contribution < 1.29 is 14.3 Å². The van der Waals surface area contributed by atoms with Crippen LogP contribution >= 0.6 is 0 Å². The Morgan fingerprint density at radius 3 is 3.08 bits per heavy atom. The van der Waals surface area contributed by atoms with Gasteiger partial charge in [-0.2, -0.15) is 0 Å². The number of rotatable bonds is 4. The van der Waals surface area contributed by atoms with Gasteiger partial charge < -0.3 is 9.52 Å². The normalized spacial score (nSPS) is 14.2. The molecule has 3 nitrogen and oxygen atoms in total. The molecular formula is C10H12O3. The molecule has 0 saturated carbocycles. The highest BCUT2D eigenvalue weighted by Gasteiger charge is 2.06. The van der Waals surface area contributed by atoms with E-state index in [1.54, 1.807) is 19.1 Å². The van der Waals surface area contributed by atoms with E-state index >= 15 is 0 Å². The number of furan rings is 1. The van der Waals surface area contributed by atoms with E-state index < -0.39 is 6.10 Å². The van der Waals surface area contributed by atoms with Crippen molar-refractivity contribution in [3.8, 4) is 0 Å².